The molecule has 0 saturated heterocycles. The van der Waals surface area contributed by atoms with E-state index in [0.717, 1.165) is 18.5 Å². The quantitative estimate of drug-likeness (QED) is 0.818. The fourth-order valence-electron chi connectivity index (χ4n) is 2.39. The molecule has 1 amide bonds. The molecule has 3 rings (SSSR count). The van der Waals surface area contributed by atoms with Gasteiger partial charge in [-0.05, 0) is 49.2 Å². The molecule has 0 atom stereocenters. The van der Waals surface area contributed by atoms with Gasteiger partial charge in [0.15, 0.2) is 0 Å². The van der Waals surface area contributed by atoms with E-state index in [4.69, 9.17) is 0 Å². The van der Waals surface area contributed by atoms with E-state index < -0.39 is 10.0 Å². The van der Waals surface area contributed by atoms with Crippen molar-refractivity contribution in [3.63, 3.8) is 0 Å². The minimum Gasteiger partial charge on any atom is -0.349 e. The minimum atomic E-state index is -3.59. The lowest BCUT2D eigenvalue weighted by Crippen LogP contribution is -2.29. The zero-order valence-corrected chi connectivity index (χ0v) is 14.9. The first-order valence-corrected chi connectivity index (χ1v) is 9.68. The largest absolute Gasteiger partial charge is 0.349 e. The van der Waals surface area contributed by atoms with Crippen LogP contribution in [0.25, 0.3) is 0 Å². The smallest absolute Gasteiger partial charge is 0.251 e. The third kappa shape index (κ3) is 4.43. The van der Waals surface area contributed by atoms with Crippen LogP contribution in [0.1, 0.15) is 28.9 Å². The van der Waals surface area contributed by atoms with Crippen molar-refractivity contribution in [3.05, 3.63) is 59.9 Å². The highest BCUT2D eigenvalue weighted by molar-refractivity contribution is 7.89. The maximum atomic E-state index is 12.6. The molecule has 2 aromatic rings. The van der Waals surface area contributed by atoms with Gasteiger partial charge in [0.25, 0.3) is 5.91 Å². The number of benzene rings is 1. The van der Waals surface area contributed by atoms with Crippen LogP contribution in [0.3, 0.4) is 0 Å². The first kappa shape index (κ1) is 17.6. The van der Waals surface area contributed by atoms with Crippen LogP contribution in [-0.4, -0.2) is 43.2 Å². The Morgan fingerprint density at radius 1 is 1.20 bits per heavy atom. The topological polar surface area (TPSA) is 79.4 Å². The standard InChI is InChI=1S/C18H21N3O3S/c1-21(13-11-15-4-2-3-12-19-15)25(23,24)17-9-5-14(6-10-17)18(22)20-16-7-8-16/h2-6,9-10,12,16H,7-8,11,13H2,1H3,(H,20,22). The highest BCUT2D eigenvalue weighted by Crippen LogP contribution is 2.20. The second-order valence-electron chi connectivity index (χ2n) is 6.17. The summed E-state index contributed by atoms with van der Waals surface area (Å²) in [5.41, 5.74) is 1.32. The molecular formula is C18H21N3O3S. The van der Waals surface area contributed by atoms with Gasteiger partial charge in [-0.2, -0.15) is 0 Å². The van der Waals surface area contributed by atoms with Gasteiger partial charge in [0, 0.05) is 43.5 Å². The summed E-state index contributed by atoms with van der Waals surface area (Å²) in [4.78, 5) is 16.4. The molecule has 25 heavy (non-hydrogen) atoms. The summed E-state index contributed by atoms with van der Waals surface area (Å²) in [7, 11) is -2.04. The lowest BCUT2D eigenvalue weighted by molar-refractivity contribution is 0.0951. The summed E-state index contributed by atoms with van der Waals surface area (Å²) in [5, 5.41) is 2.88. The third-order valence-corrected chi connectivity index (χ3v) is 6.02. The number of likely N-dealkylation sites (N-methyl/N-ethyl adjacent to an activating group) is 1. The fraction of sp³-hybridized carbons (Fsp3) is 0.333. The Kier molecular flexibility index (Phi) is 5.15. The number of nitrogens with zero attached hydrogens (tertiary/aromatic N) is 2. The molecule has 132 valence electrons. The number of hydrogen-bond acceptors (Lipinski definition) is 4. The van der Waals surface area contributed by atoms with Crippen molar-refractivity contribution in [2.75, 3.05) is 13.6 Å². The molecule has 7 heteroatoms. The molecule has 1 aliphatic rings. The zero-order valence-electron chi connectivity index (χ0n) is 14.1. The molecule has 0 spiro atoms. The van der Waals surface area contributed by atoms with Crippen LogP contribution >= 0.6 is 0 Å². The number of sulfonamides is 1. The van der Waals surface area contributed by atoms with Crippen LogP contribution in [0.4, 0.5) is 0 Å². The number of pyridine rings is 1. The Hall–Kier alpha value is -2.25. The van der Waals surface area contributed by atoms with Crippen molar-refractivity contribution in [2.45, 2.75) is 30.2 Å². The summed E-state index contributed by atoms with van der Waals surface area (Å²) in [6.07, 6.45) is 4.26. The van der Waals surface area contributed by atoms with Crippen molar-refractivity contribution in [1.29, 1.82) is 0 Å². The van der Waals surface area contributed by atoms with E-state index in [2.05, 4.69) is 10.3 Å². The average Bonchev–Trinajstić information content (AvgIpc) is 3.44. The number of rotatable bonds is 7. The van der Waals surface area contributed by atoms with Crippen LogP contribution in [0.2, 0.25) is 0 Å². The fourth-order valence-corrected chi connectivity index (χ4v) is 3.56. The van der Waals surface area contributed by atoms with Crippen molar-refractivity contribution < 1.29 is 13.2 Å². The number of carbonyl (C=O) groups is 1. The number of hydrogen-bond donors (Lipinski definition) is 1. The van der Waals surface area contributed by atoms with Gasteiger partial charge in [0.2, 0.25) is 10.0 Å². The lowest BCUT2D eigenvalue weighted by atomic mass is 10.2. The van der Waals surface area contributed by atoms with Gasteiger partial charge in [0.1, 0.15) is 0 Å². The zero-order chi connectivity index (χ0) is 17.9. The second-order valence-corrected chi connectivity index (χ2v) is 8.21. The molecule has 1 aromatic heterocycles. The molecule has 1 saturated carbocycles. The number of nitrogens with one attached hydrogen (secondary N) is 1. The predicted molar refractivity (Wildman–Crippen MR) is 94.7 cm³/mol. The third-order valence-electron chi connectivity index (χ3n) is 4.15. The molecule has 1 fully saturated rings. The molecule has 0 unspecified atom stereocenters. The molecular weight excluding hydrogens is 338 g/mol. The van der Waals surface area contributed by atoms with Crippen molar-refractivity contribution in [2.24, 2.45) is 0 Å². The van der Waals surface area contributed by atoms with Crippen LogP contribution in [0, 0.1) is 0 Å². The van der Waals surface area contributed by atoms with E-state index in [1.165, 1.54) is 16.4 Å². The Labute approximate surface area is 147 Å². The Bertz CT molecular complexity index is 832. The molecule has 1 aliphatic carbocycles. The van der Waals surface area contributed by atoms with E-state index in [-0.39, 0.29) is 16.8 Å². The first-order chi connectivity index (χ1) is 12.0. The SMILES string of the molecule is CN(CCc1ccccn1)S(=O)(=O)c1ccc(C(=O)NC2CC2)cc1. The van der Waals surface area contributed by atoms with Gasteiger partial charge in [0.05, 0.1) is 4.90 Å². The normalized spacial score (nSPS) is 14.5. The van der Waals surface area contributed by atoms with Gasteiger partial charge in [-0.25, -0.2) is 12.7 Å². The van der Waals surface area contributed by atoms with Crippen LogP contribution in [-0.2, 0) is 16.4 Å². The molecule has 1 N–H and O–H groups in total. The monoisotopic (exact) mass is 359 g/mol. The molecule has 0 aliphatic heterocycles. The lowest BCUT2D eigenvalue weighted by Gasteiger charge is -2.17. The molecule has 1 heterocycles. The summed E-state index contributed by atoms with van der Waals surface area (Å²) < 4.78 is 26.6. The van der Waals surface area contributed by atoms with Gasteiger partial charge in [-0.1, -0.05) is 6.07 Å². The average molecular weight is 359 g/mol. The maximum Gasteiger partial charge on any atom is 0.251 e. The van der Waals surface area contributed by atoms with E-state index >= 15 is 0 Å². The van der Waals surface area contributed by atoms with Crippen LogP contribution in [0.15, 0.2) is 53.6 Å². The summed E-state index contributed by atoms with van der Waals surface area (Å²) in [5.74, 6) is -0.157. The second kappa shape index (κ2) is 7.33. The van der Waals surface area contributed by atoms with Crippen molar-refractivity contribution >= 4 is 15.9 Å². The van der Waals surface area contributed by atoms with Crippen LogP contribution in [0.5, 0.6) is 0 Å². The van der Waals surface area contributed by atoms with E-state index in [9.17, 15) is 13.2 Å². The van der Waals surface area contributed by atoms with E-state index in [1.807, 2.05) is 18.2 Å². The number of aromatic nitrogens is 1. The van der Waals surface area contributed by atoms with Gasteiger partial charge in [-0.15, -0.1) is 0 Å². The summed E-state index contributed by atoms with van der Waals surface area (Å²) >= 11 is 0. The summed E-state index contributed by atoms with van der Waals surface area (Å²) in [6, 6.07) is 11.9. The van der Waals surface area contributed by atoms with Gasteiger partial charge >= 0.3 is 0 Å². The van der Waals surface area contributed by atoms with E-state index in [0.29, 0.717) is 18.5 Å². The van der Waals surface area contributed by atoms with Gasteiger partial charge < -0.3 is 5.32 Å². The Morgan fingerprint density at radius 2 is 1.92 bits per heavy atom. The van der Waals surface area contributed by atoms with Gasteiger partial charge in [-0.3, -0.25) is 9.78 Å². The highest BCUT2D eigenvalue weighted by Gasteiger charge is 2.24. The predicted octanol–water partition coefficient (Wildman–Crippen LogP) is 1.84. The Morgan fingerprint density at radius 3 is 2.52 bits per heavy atom. The number of amides is 1. The highest BCUT2D eigenvalue weighted by atomic mass is 32.2. The number of carbonyl (C=O) groups excluding carboxylic acids is 1. The van der Waals surface area contributed by atoms with Crippen LogP contribution < -0.4 is 5.32 Å². The summed E-state index contributed by atoms with van der Waals surface area (Å²) in [6.45, 7) is 0.337. The molecule has 1 aromatic carbocycles. The Balaban J connectivity index is 1.65. The minimum absolute atomic E-state index is 0.157. The maximum absolute atomic E-state index is 12.6. The van der Waals surface area contributed by atoms with Crippen molar-refractivity contribution in [3.8, 4) is 0 Å². The first-order valence-electron chi connectivity index (χ1n) is 8.24. The molecule has 0 bridgehead atoms. The van der Waals surface area contributed by atoms with E-state index in [1.54, 1.807) is 25.4 Å². The van der Waals surface area contributed by atoms with Crippen molar-refractivity contribution in [1.82, 2.24) is 14.6 Å². The molecule has 0 radical (unpaired) electrons. The molecule has 6 nitrogen and oxygen atoms in total.